The van der Waals surface area contributed by atoms with Crippen molar-refractivity contribution >= 4 is 5.91 Å². The van der Waals surface area contributed by atoms with E-state index in [2.05, 4.69) is 39.5 Å². The minimum absolute atomic E-state index is 0.0480. The molecule has 2 N–H and O–H groups in total. The molecule has 21 heavy (non-hydrogen) atoms. The molecule has 124 valence electrons. The summed E-state index contributed by atoms with van der Waals surface area (Å²) in [5.41, 5.74) is 6.33. The van der Waals surface area contributed by atoms with Gasteiger partial charge in [-0.05, 0) is 43.4 Å². The number of hydrogen-bond donors (Lipinski definition) is 1. The van der Waals surface area contributed by atoms with E-state index in [0.29, 0.717) is 23.7 Å². The van der Waals surface area contributed by atoms with Crippen LogP contribution in [0.15, 0.2) is 0 Å². The molecule has 0 saturated heterocycles. The Balaban J connectivity index is 2.67. The quantitative estimate of drug-likeness (QED) is 0.779. The summed E-state index contributed by atoms with van der Waals surface area (Å²) in [5, 5.41) is 0. The highest BCUT2D eigenvalue weighted by molar-refractivity contribution is 5.79. The maximum atomic E-state index is 12.9. The number of hydrogen-bond acceptors (Lipinski definition) is 2. The second-order valence-corrected chi connectivity index (χ2v) is 7.78. The zero-order chi connectivity index (χ0) is 16.0. The van der Waals surface area contributed by atoms with Crippen LogP contribution in [0, 0.1) is 23.7 Å². The molecule has 1 saturated carbocycles. The van der Waals surface area contributed by atoms with Gasteiger partial charge in [0.1, 0.15) is 0 Å². The van der Waals surface area contributed by atoms with Crippen LogP contribution in [0.25, 0.3) is 0 Å². The lowest BCUT2D eigenvalue weighted by Gasteiger charge is -2.36. The van der Waals surface area contributed by atoms with Gasteiger partial charge in [-0.2, -0.15) is 0 Å². The lowest BCUT2D eigenvalue weighted by Crippen LogP contribution is -2.49. The SMILES string of the molecule is CC(C)CCN(CCC(C)C)C(=O)C1CCCC(C)C1N. The van der Waals surface area contributed by atoms with Gasteiger partial charge in [-0.1, -0.05) is 41.0 Å². The third-order valence-corrected chi connectivity index (χ3v) is 4.88. The Morgan fingerprint density at radius 3 is 2.10 bits per heavy atom. The van der Waals surface area contributed by atoms with Crippen LogP contribution in [0.2, 0.25) is 0 Å². The predicted molar refractivity (Wildman–Crippen MR) is 90.0 cm³/mol. The number of amides is 1. The maximum Gasteiger partial charge on any atom is 0.227 e. The summed E-state index contributed by atoms with van der Waals surface area (Å²) >= 11 is 0. The van der Waals surface area contributed by atoms with Gasteiger partial charge in [-0.3, -0.25) is 4.79 Å². The Bertz CT molecular complexity index is 302. The highest BCUT2D eigenvalue weighted by Crippen LogP contribution is 2.29. The molecule has 0 spiro atoms. The fourth-order valence-electron chi connectivity index (χ4n) is 3.12. The normalized spacial score (nSPS) is 26.4. The molecule has 0 aromatic heterocycles. The summed E-state index contributed by atoms with van der Waals surface area (Å²) in [6.45, 7) is 12.9. The van der Waals surface area contributed by atoms with Crippen molar-refractivity contribution in [1.82, 2.24) is 4.90 Å². The molecule has 0 radical (unpaired) electrons. The maximum absolute atomic E-state index is 12.9. The molecule has 1 fully saturated rings. The first kappa shape index (κ1) is 18.5. The molecule has 0 bridgehead atoms. The molecule has 1 aliphatic rings. The molecule has 3 heteroatoms. The Morgan fingerprint density at radius 2 is 1.62 bits per heavy atom. The topological polar surface area (TPSA) is 46.3 Å². The van der Waals surface area contributed by atoms with Gasteiger partial charge in [-0.15, -0.1) is 0 Å². The summed E-state index contributed by atoms with van der Waals surface area (Å²) < 4.78 is 0. The van der Waals surface area contributed by atoms with E-state index in [1.54, 1.807) is 0 Å². The monoisotopic (exact) mass is 296 g/mol. The van der Waals surface area contributed by atoms with Gasteiger partial charge in [0, 0.05) is 19.1 Å². The molecule has 0 aromatic carbocycles. The number of carbonyl (C=O) groups excluding carboxylic acids is 1. The van der Waals surface area contributed by atoms with Crippen LogP contribution in [-0.4, -0.2) is 29.9 Å². The summed E-state index contributed by atoms with van der Waals surface area (Å²) in [7, 11) is 0. The van der Waals surface area contributed by atoms with Crippen LogP contribution in [-0.2, 0) is 4.79 Å². The first-order valence-electron chi connectivity index (χ1n) is 8.87. The van der Waals surface area contributed by atoms with E-state index in [0.717, 1.165) is 38.8 Å². The fourth-order valence-corrected chi connectivity index (χ4v) is 3.12. The number of nitrogens with two attached hydrogens (primary N) is 1. The van der Waals surface area contributed by atoms with Crippen molar-refractivity contribution in [3.05, 3.63) is 0 Å². The first-order chi connectivity index (χ1) is 9.82. The van der Waals surface area contributed by atoms with Crippen LogP contribution >= 0.6 is 0 Å². The van der Waals surface area contributed by atoms with Gasteiger partial charge in [0.15, 0.2) is 0 Å². The highest BCUT2D eigenvalue weighted by Gasteiger charge is 2.35. The van der Waals surface area contributed by atoms with E-state index in [4.69, 9.17) is 5.73 Å². The predicted octanol–water partition coefficient (Wildman–Crippen LogP) is 3.67. The van der Waals surface area contributed by atoms with Gasteiger partial charge in [0.05, 0.1) is 5.92 Å². The number of carbonyl (C=O) groups is 1. The smallest absolute Gasteiger partial charge is 0.227 e. The third-order valence-electron chi connectivity index (χ3n) is 4.88. The number of rotatable bonds is 7. The molecule has 3 unspecified atom stereocenters. The Morgan fingerprint density at radius 1 is 1.10 bits per heavy atom. The minimum atomic E-state index is 0.0480. The zero-order valence-electron chi connectivity index (χ0n) is 14.8. The van der Waals surface area contributed by atoms with E-state index in [1.807, 2.05) is 0 Å². The zero-order valence-corrected chi connectivity index (χ0v) is 14.8. The molecule has 3 nitrogen and oxygen atoms in total. The van der Waals surface area contributed by atoms with Crippen molar-refractivity contribution in [2.45, 2.75) is 72.8 Å². The van der Waals surface area contributed by atoms with Crippen molar-refractivity contribution in [3.8, 4) is 0 Å². The van der Waals surface area contributed by atoms with E-state index in [1.165, 1.54) is 6.42 Å². The molecular weight excluding hydrogens is 260 g/mol. The molecule has 0 aliphatic heterocycles. The third kappa shape index (κ3) is 5.98. The van der Waals surface area contributed by atoms with Crippen molar-refractivity contribution in [2.75, 3.05) is 13.1 Å². The van der Waals surface area contributed by atoms with Gasteiger partial charge in [0.2, 0.25) is 5.91 Å². The van der Waals surface area contributed by atoms with Crippen molar-refractivity contribution in [2.24, 2.45) is 29.4 Å². The van der Waals surface area contributed by atoms with Crippen molar-refractivity contribution in [3.63, 3.8) is 0 Å². The Kier molecular flexibility index (Phi) is 7.72. The van der Waals surface area contributed by atoms with Crippen LogP contribution in [0.5, 0.6) is 0 Å². The first-order valence-corrected chi connectivity index (χ1v) is 8.87. The molecule has 0 aromatic rings. The lowest BCUT2D eigenvalue weighted by atomic mass is 9.77. The standard InChI is InChI=1S/C18H36N2O/c1-13(2)9-11-20(12-10-14(3)4)18(21)16-8-6-7-15(5)17(16)19/h13-17H,6-12,19H2,1-5H3. The average Bonchev–Trinajstić information content (AvgIpc) is 2.40. The van der Waals surface area contributed by atoms with Gasteiger partial charge in [0.25, 0.3) is 0 Å². The van der Waals surface area contributed by atoms with Crippen LogP contribution in [0.1, 0.15) is 66.7 Å². The van der Waals surface area contributed by atoms with E-state index in [-0.39, 0.29) is 12.0 Å². The van der Waals surface area contributed by atoms with Crippen LogP contribution in [0.3, 0.4) is 0 Å². The molecule has 1 aliphatic carbocycles. The fraction of sp³-hybridized carbons (Fsp3) is 0.944. The second-order valence-electron chi connectivity index (χ2n) is 7.78. The lowest BCUT2D eigenvalue weighted by molar-refractivity contribution is -0.138. The van der Waals surface area contributed by atoms with Crippen LogP contribution in [0.4, 0.5) is 0 Å². The largest absolute Gasteiger partial charge is 0.342 e. The second kappa shape index (κ2) is 8.77. The number of nitrogens with zero attached hydrogens (tertiary/aromatic N) is 1. The van der Waals surface area contributed by atoms with Gasteiger partial charge < -0.3 is 10.6 Å². The van der Waals surface area contributed by atoms with Crippen molar-refractivity contribution < 1.29 is 4.79 Å². The molecule has 3 atom stereocenters. The Hall–Kier alpha value is -0.570. The average molecular weight is 296 g/mol. The summed E-state index contributed by atoms with van der Waals surface area (Å²) in [4.78, 5) is 15.0. The van der Waals surface area contributed by atoms with E-state index in [9.17, 15) is 4.79 Å². The van der Waals surface area contributed by atoms with E-state index >= 15 is 0 Å². The summed E-state index contributed by atoms with van der Waals surface area (Å²) in [6.07, 6.45) is 5.46. The Labute approximate surface area is 131 Å². The van der Waals surface area contributed by atoms with E-state index < -0.39 is 0 Å². The van der Waals surface area contributed by atoms with Gasteiger partial charge >= 0.3 is 0 Å². The van der Waals surface area contributed by atoms with Crippen LogP contribution < -0.4 is 5.73 Å². The molecule has 0 heterocycles. The summed E-state index contributed by atoms with van der Waals surface area (Å²) in [5.74, 6) is 2.12. The summed E-state index contributed by atoms with van der Waals surface area (Å²) in [6, 6.07) is 0.0480. The van der Waals surface area contributed by atoms with Crippen molar-refractivity contribution in [1.29, 1.82) is 0 Å². The minimum Gasteiger partial charge on any atom is -0.342 e. The molecule has 1 rings (SSSR count). The molecule has 1 amide bonds. The highest BCUT2D eigenvalue weighted by atomic mass is 16.2. The van der Waals surface area contributed by atoms with Gasteiger partial charge in [-0.25, -0.2) is 0 Å². The molecular formula is C18H36N2O.